The number of likely N-dealkylation sites (tertiary alicyclic amines) is 1. The van der Waals surface area contributed by atoms with Gasteiger partial charge in [0.2, 0.25) is 5.91 Å². The monoisotopic (exact) mass is 312 g/mol. The molecule has 4 nitrogen and oxygen atoms in total. The highest BCUT2D eigenvalue weighted by molar-refractivity contribution is 9.10. The van der Waals surface area contributed by atoms with Gasteiger partial charge in [-0.05, 0) is 30.5 Å². The Kier molecular flexibility index (Phi) is 4.74. The van der Waals surface area contributed by atoms with Gasteiger partial charge in [-0.25, -0.2) is 5.90 Å². The van der Waals surface area contributed by atoms with Crippen molar-refractivity contribution in [2.45, 2.75) is 25.4 Å². The number of hydrogen-bond acceptors (Lipinski definition) is 3. The molecular formula is C13H17BrN2O2. The molecule has 2 rings (SSSR count). The van der Waals surface area contributed by atoms with Gasteiger partial charge >= 0.3 is 0 Å². The number of nitrogens with two attached hydrogens (primary N) is 1. The number of piperidine rings is 1. The first kappa shape index (κ1) is 13.5. The molecule has 1 aromatic rings. The number of rotatable bonds is 3. The van der Waals surface area contributed by atoms with Gasteiger partial charge in [0.1, 0.15) is 0 Å². The summed E-state index contributed by atoms with van der Waals surface area (Å²) in [6.07, 6.45) is 2.30. The van der Waals surface area contributed by atoms with Crippen LogP contribution in [0.15, 0.2) is 28.7 Å². The molecule has 1 aliphatic rings. The Labute approximate surface area is 115 Å². The Balaban J connectivity index is 1.93. The molecule has 98 valence electrons. The SMILES string of the molecule is NOC1CCCN(C(=O)Cc2ccc(Br)cc2)C1. The third-order valence-corrected chi connectivity index (χ3v) is 3.72. The molecule has 1 heterocycles. The van der Waals surface area contributed by atoms with E-state index in [0.29, 0.717) is 13.0 Å². The zero-order valence-corrected chi connectivity index (χ0v) is 11.7. The molecule has 1 fully saturated rings. The molecule has 1 atom stereocenters. The van der Waals surface area contributed by atoms with Crippen molar-refractivity contribution in [2.24, 2.45) is 5.90 Å². The molecule has 1 unspecified atom stereocenters. The summed E-state index contributed by atoms with van der Waals surface area (Å²) in [5.41, 5.74) is 1.03. The Morgan fingerprint density at radius 2 is 2.17 bits per heavy atom. The van der Waals surface area contributed by atoms with Crippen LogP contribution in [0.1, 0.15) is 18.4 Å². The maximum atomic E-state index is 12.1. The minimum absolute atomic E-state index is 0.0207. The van der Waals surface area contributed by atoms with E-state index in [0.717, 1.165) is 29.4 Å². The van der Waals surface area contributed by atoms with Gasteiger partial charge in [0.05, 0.1) is 12.5 Å². The van der Waals surface area contributed by atoms with Crippen molar-refractivity contribution in [3.05, 3.63) is 34.3 Å². The molecule has 1 aliphatic heterocycles. The number of hydrogen-bond donors (Lipinski definition) is 1. The maximum absolute atomic E-state index is 12.1. The van der Waals surface area contributed by atoms with E-state index in [4.69, 9.17) is 10.7 Å². The van der Waals surface area contributed by atoms with Gasteiger partial charge in [-0.2, -0.15) is 0 Å². The molecule has 0 spiro atoms. The lowest BCUT2D eigenvalue weighted by Crippen LogP contribution is -2.44. The van der Waals surface area contributed by atoms with Crippen molar-refractivity contribution in [3.8, 4) is 0 Å². The summed E-state index contributed by atoms with van der Waals surface area (Å²) in [7, 11) is 0. The summed E-state index contributed by atoms with van der Waals surface area (Å²) in [4.78, 5) is 18.8. The van der Waals surface area contributed by atoms with Crippen LogP contribution in [-0.4, -0.2) is 30.0 Å². The van der Waals surface area contributed by atoms with Crippen LogP contribution in [0.3, 0.4) is 0 Å². The quantitative estimate of drug-likeness (QED) is 0.867. The topological polar surface area (TPSA) is 55.6 Å². The average Bonchev–Trinajstić information content (AvgIpc) is 2.41. The first-order valence-electron chi connectivity index (χ1n) is 6.07. The van der Waals surface area contributed by atoms with Crippen LogP contribution in [-0.2, 0) is 16.1 Å². The molecule has 0 aliphatic carbocycles. The lowest BCUT2D eigenvalue weighted by molar-refractivity contribution is -0.134. The molecule has 2 N–H and O–H groups in total. The third kappa shape index (κ3) is 3.54. The second-order valence-corrected chi connectivity index (χ2v) is 5.46. The molecule has 0 radical (unpaired) electrons. The van der Waals surface area contributed by atoms with E-state index in [1.54, 1.807) is 0 Å². The fourth-order valence-corrected chi connectivity index (χ4v) is 2.43. The standard InChI is InChI=1S/C13H17BrN2O2/c14-11-5-3-10(4-6-11)8-13(17)16-7-1-2-12(9-16)18-15/h3-6,12H,1-2,7-9,15H2. The highest BCUT2D eigenvalue weighted by Gasteiger charge is 2.23. The van der Waals surface area contributed by atoms with Crippen molar-refractivity contribution in [3.63, 3.8) is 0 Å². The summed E-state index contributed by atoms with van der Waals surface area (Å²) < 4.78 is 1.02. The smallest absolute Gasteiger partial charge is 0.227 e. The molecule has 1 saturated heterocycles. The van der Waals surface area contributed by atoms with Crippen molar-refractivity contribution in [1.29, 1.82) is 0 Å². The van der Waals surface area contributed by atoms with Gasteiger partial charge in [0, 0.05) is 17.6 Å². The van der Waals surface area contributed by atoms with Gasteiger partial charge in [-0.15, -0.1) is 0 Å². The molecule has 18 heavy (non-hydrogen) atoms. The molecule has 0 aromatic heterocycles. The predicted molar refractivity (Wildman–Crippen MR) is 72.7 cm³/mol. The fourth-order valence-electron chi connectivity index (χ4n) is 2.16. The first-order chi connectivity index (χ1) is 8.69. The van der Waals surface area contributed by atoms with E-state index < -0.39 is 0 Å². The third-order valence-electron chi connectivity index (χ3n) is 3.19. The first-order valence-corrected chi connectivity index (χ1v) is 6.86. The van der Waals surface area contributed by atoms with E-state index >= 15 is 0 Å². The summed E-state index contributed by atoms with van der Waals surface area (Å²) in [6, 6.07) is 7.82. The number of halogens is 1. The zero-order valence-electron chi connectivity index (χ0n) is 10.1. The molecule has 5 heteroatoms. The van der Waals surface area contributed by atoms with Crippen molar-refractivity contribution >= 4 is 21.8 Å². The molecule has 1 amide bonds. The highest BCUT2D eigenvalue weighted by Crippen LogP contribution is 2.15. The Morgan fingerprint density at radius 1 is 1.44 bits per heavy atom. The van der Waals surface area contributed by atoms with Crippen molar-refractivity contribution < 1.29 is 9.63 Å². The summed E-state index contributed by atoms with van der Waals surface area (Å²) in [6.45, 7) is 1.40. The van der Waals surface area contributed by atoms with Gasteiger partial charge < -0.3 is 4.90 Å². The summed E-state index contributed by atoms with van der Waals surface area (Å²) >= 11 is 3.38. The minimum atomic E-state index is -0.0207. The second-order valence-electron chi connectivity index (χ2n) is 4.54. The average molecular weight is 313 g/mol. The van der Waals surface area contributed by atoms with Gasteiger partial charge in [0.25, 0.3) is 0 Å². The molecule has 0 bridgehead atoms. The van der Waals surface area contributed by atoms with Crippen LogP contribution in [0.25, 0.3) is 0 Å². The molecule has 1 aromatic carbocycles. The normalized spacial score (nSPS) is 19.9. The van der Waals surface area contributed by atoms with Crippen LogP contribution >= 0.6 is 15.9 Å². The van der Waals surface area contributed by atoms with Crippen LogP contribution in [0.2, 0.25) is 0 Å². The highest BCUT2D eigenvalue weighted by atomic mass is 79.9. The number of carbonyl (C=O) groups is 1. The van der Waals surface area contributed by atoms with E-state index in [1.807, 2.05) is 29.2 Å². The zero-order chi connectivity index (χ0) is 13.0. The summed E-state index contributed by atoms with van der Waals surface area (Å²) in [5, 5.41) is 0. The Hall–Kier alpha value is -0.910. The molecule has 0 saturated carbocycles. The van der Waals surface area contributed by atoms with Crippen LogP contribution in [0.4, 0.5) is 0 Å². The number of benzene rings is 1. The van der Waals surface area contributed by atoms with Gasteiger partial charge in [-0.3, -0.25) is 9.63 Å². The molecular weight excluding hydrogens is 296 g/mol. The Morgan fingerprint density at radius 3 is 2.83 bits per heavy atom. The van der Waals surface area contributed by atoms with E-state index in [2.05, 4.69) is 15.9 Å². The van der Waals surface area contributed by atoms with E-state index in [1.165, 1.54) is 0 Å². The van der Waals surface area contributed by atoms with Crippen LogP contribution in [0, 0.1) is 0 Å². The van der Waals surface area contributed by atoms with Crippen molar-refractivity contribution in [1.82, 2.24) is 4.90 Å². The summed E-state index contributed by atoms with van der Waals surface area (Å²) in [5.74, 6) is 5.33. The number of carbonyl (C=O) groups excluding carboxylic acids is 1. The lowest BCUT2D eigenvalue weighted by Gasteiger charge is -2.31. The lowest BCUT2D eigenvalue weighted by atomic mass is 10.1. The van der Waals surface area contributed by atoms with E-state index in [-0.39, 0.29) is 12.0 Å². The number of nitrogens with zero attached hydrogens (tertiary/aromatic N) is 1. The minimum Gasteiger partial charge on any atom is -0.340 e. The maximum Gasteiger partial charge on any atom is 0.227 e. The van der Waals surface area contributed by atoms with Gasteiger partial charge in [0.15, 0.2) is 0 Å². The predicted octanol–water partition coefficient (Wildman–Crippen LogP) is 1.87. The fraction of sp³-hybridized carbons (Fsp3) is 0.462. The number of amides is 1. The Bertz CT molecular complexity index is 408. The van der Waals surface area contributed by atoms with Gasteiger partial charge in [-0.1, -0.05) is 28.1 Å². The second kappa shape index (κ2) is 6.31. The largest absolute Gasteiger partial charge is 0.340 e. The van der Waals surface area contributed by atoms with Crippen molar-refractivity contribution in [2.75, 3.05) is 13.1 Å². The van der Waals surface area contributed by atoms with Crippen LogP contribution in [0.5, 0.6) is 0 Å². The van der Waals surface area contributed by atoms with Crippen LogP contribution < -0.4 is 5.90 Å². The van der Waals surface area contributed by atoms with E-state index in [9.17, 15) is 4.79 Å².